The van der Waals surface area contributed by atoms with Gasteiger partial charge in [0.05, 0.1) is 23.2 Å². The van der Waals surface area contributed by atoms with Crippen molar-refractivity contribution in [3.05, 3.63) is 57.3 Å². The summed E-state index contributed by atoms with van der Waals surface area (Å²) in [4.78, 5) is 43.0. The Kier molecular flexibility index (Phi) is 4.73. The van der Waals surface area contributed by atoms with Gasteiger partial charge in [-0.2, -0.15) is 0 Å². The Morgan fingerprint density at radius 1 is 1.14 bits per heavy atom. The fourth-order valence-electron chi connectivity index (χ4n) is 4.06. The van der Waals surface area contributed by atoms with E-state index in [0.29, 0.717) is 17.7 Å². The number of nitrogens with zero attached hydrogens (tertiary/aromatic N) is 2. The van der Waals surface area contributed by atoms with Crippen LogP contribution in [0.1, 0.15) is 64.9 Å². The maximum absolute atomic E-state index is 13.0. The molecule has 4 rings (SSSR count). The second-order valence-corrected chi connectivity index (χ2v) is 9.39. The largest absolute Gasteiger partial charge is 0.444 e. The second kappa shape index (κ2) is 6.99. The monoisotopic (exact) mass is 412 g/mol. The molecule has 0 saturated heterocycles. The van der Waals surface area contributed by atoms with Gasteiger partial charge in [-0.1, -0.05) is 12.1 Å². The van der Waals surface area contributed by atoms with Crippen molar-refractivity contribution < 1.29 is 19.1 Å². The van der Waals surface area contributed by atoms with Crippen LogP contribution < -0.4 is 0 Å². The molecular formula is C22H24N2O4S. The smallest absolute Gasteiger partial charge is 0.410 e. The topological polar surface area (TPSA) is 66.9 Å². The average Bonchev–Trinajstić information content (AvgIpc) is 3.23. The van der Waals surface area contributed by atoms with Crippen LogP contribution in [0.4, 0.5) is 4.79 Å². The first-order valence-electron chi connectivity index (χ1n) is 9.72. The van der Waals surface area contributed by atoms with Gasteiger partial charge in [-0.05, 0) is 63.3 Å². The van der Waals surface area contributed by atoms with Gasteiger partial charge in [-0.3, -0.25) is 19.4 Å². The Bertz CT molecular complexity index is 956. The molecule has 0 bridgehead atoms. The van der Waals surface area contributed by atoms with Gasteiger partial charge >= 0.3 is 6.09 Å². The van der Waals surface area contributed by atoms with E-state index in [1.165, 1.54) is 4.90 Å². The Morgan fingerprint density at radius 2 is 1.76 bits per heavy atom. The van der Waals surface area contributed by atoms with Gasteiger partial charge in [0.2, 0.25) is 0 Å². The van der Waals surface area contributed by atoms with Crippen LogP contribution in [-0.2, 0) is 11.2 Å². The summed E-state index contributed by atoms with van der Waals surface area (Å²) < 4.78 is 5.63. The summed E-state index contributed by atoms with van der Waals surface area (Å²) in [5, 5.41) is 1.99. The van der Waals surface area contributed by atoms with E-state index >= 15 is 0 Å². The third kappa shape index (κ3) is 3.33. The molecule has 0 spiro atoms. The van der Waals surface area contributed by atoms with Gasteiger partial charge in [0, 0.05) is 11.4 Å². The SMILES string of the molecule is CC(C1c2sccc2CCN1C(=O)OC(C)(C)C)N1C(=O)c2ccccc2C1=O. The summed E-state index contributed by atoms with van der Waals surface area (Å²) in [6.07, 6.45) is 0.300. The summed E-state index contributed by atoms with van der Waals surface area (Å²) in [5.41, 5.74) is 1.35. The van der Waals surface area contributed by atoms with Crippen LogP contribution in [0.2, 0.25) is 0 Å². The summed E-state index contributed by atoms with van der Waals surface area (Å²) in [6, 6.07) is 7.95. The molecule has 0 saturated carbocycles. The molecule has 2 aromatic rings. The zero-order valence-corrected chi connectivity index (χ0v) is 17.8. The molecule has 0 fully saturated rings. The van der Waals surface area contributed by atoms with E-state index in [-0.39, 0.29) is 11.8 Å². The number of amides is 3. The maximum Gasteiger partial charge on any atom is 0.410 e. The number of imide groups is 1. The van der Waals surface area contributed by atoms with E-state index in [0.717, 1.165) is 16.9 Å². The molecule has 29 heavy (non-hydrogen) atoms. The molecule has 2 atom stereocenters. The molecule has 1 aromatic carbocycles. The molecule has 0 radical (unpaired) electrons. The van der Waals surface area contributed by atoms with Crippen LogP contribution in [0, 0.1) is 0 Å². The Labute approximate surface area is 174 Å². The standard InChI is InChI=1S/C22H24N2O4S/c1-13(24-19(25)15-7-5-6-8-16(15)20(24)26)17-18-14(10-12-29-18)9-11-23(17)21(27)28-22(2,3)4/h5-8,10,12-13,17H,9,11H2,1-4H3. The van der Waals surface area contributed by atoms with Gasteiger partial charge in [0.15, 0.2) is 0 Å². The highest BCUT2D eigenvalue weighted by Crippen LogP contribution is 2.40. The minimum atomic E-state index is -0.629. The molecule has 2 aliphatic heterocycles. The van der Waals surface area contributed by atoms with Crippen molar-refractivity contribution in [2.75, 3.05) is 6.54 Å². The van der Waals surface area contributed by atoms with E-state index < -0.39 is 23.8 Å². The lowest BCUT2D eigenvalue weighted by Crippen LogP contribution is -2.52. The number of ether oxygens (including phenoxy) is 1. The van der Waals surface area contributed by atoms with Crippen LogP contribution in [0.25, 0.3) is 0 Å². The number of hydrogen-bond donors (Lipinski definition) is 0. The summed E-state index contributed by atoms with van der Waals surface area (Å²) in [5.74, 6) is -0.628. The molecule has 3 amide bonds. The van der Waals surface area contributed by atoms with E-state index in [4.69, 9.17) is 4.74 Å². The lowest BCUT2D eigenvalue weighted by atomic mass is 9.96. The third-order valence-corrected chi connectivity index (χ3v) is 6.35. The van der Waals surface area contributed by atoms with Gasteiger partial charge in [-0.15, -0.1) is 11.3 Å². The van der Waals surface area contributed by atoms with Gasteiger partial charge in [-0.25, -0.2) is 4.79 Å². The Hall–Kier alpha value is -2.67. The Balaban J connectivity index is 1.71. The third-order valence-electron chi connectivity index (χ3n) is 5.32. The first-order chi connectivity index (χ1) is 13.7. The molecule has 0 aliphatic carbocycles. The van der Waals surface area contributed by atoms with Gasteiger partial charge in [0.25, 0.3) is 11.8 Å². The van der Waals surface area contributed by atoms with Crippen LogP contribution in [0.5, 0.6) is 0 Å². The fraction of sp³-hybridized carbons (Fsp3) is 0.409. The van der Waals surface area contributed by atoms with Crippen LogP contribution in [-0.4, -0.2) is 45.9 Å². The highest BCUT2D eigenvalue weighted by atomic mass is 32.1. The zero-order chi connectivity index (χ0) is 20.9. The fourth-order valence-corrected chi connectivity index (χ4v) is 5.22. The highest BCUT2D eigenvalue weighted by molar-refractivity contribution is 7.10. The average molecular weight is 413 g/mol. The van der Waals surface area contributed by atoms with E-state index in [1.807, 2.05) is 33.1 Å². The van der Waals surface area contributed by atoms with Crippen molar-refractivity contribution in [3.63, 3.8) is 0 Å². The lowest BCUT2D eigenvalue weighted by Gasteiger charge is -2.41. The van der Waals surface area contributed by atoms with Gasteiger partial charge < -0.3 is 4.74 Å². The number of benzene rings is 1. The molecule has 2 unspecified atom stereocenters. The predicted molar refractivity (Wildman–Crippen MR) is 110 cm³/mol. The van der Waals surface area contributed by atoms with Crippen molar-refractivity contribution in [1.29, 1.82) is 0 Å². The minimum Gasteiger partial charge on any atom is -0.444 e. The van der Waals surface area contributed by atoms with Crippen molar-refractivity contribution in [2.24, 2.45) is 0 Å². The normalized spacial score (nSPS) is 19.8. The Morgan fingerprint density at radius 3 is 2.34 bits per heavy atom. The summed E-state index contributed by atoms with van der Waals surface area (Å²) in [6.45, 7) is 7.80. The molecule has 7 heteroatoms. The van der Waals surface area contributed by atoms with Crippen molar-refractivity contribution >= 4 is 29.2 Å². The number of hydrogen-bond acceptors (Lipinski definition) is 5. The summed E-state index contributed by atoms with van der Waals surface area (Å²) >= 11 is 1.55. The molecule has 3 heterocycles. The van der Waals surface area contributed by atoms with E-state index in [9.17, 15) is 14.4 Å². The number of fused-ring (bicyclic) bond motifs is 2. The summed E-state index contributed by atoms with van der Waals surface area (Å²) in [7, 11) is 0. The van der Waals surface area contributed by atoms with E-state index in [1.54, 1.807) is 40.5 Å². The first kappa shape index (κ1) is 19.6. The number of carbonyl (C=O) groups excluding carboxylic acids is 3. The van der Waals surface area contributed by atoms with E-state index in [2.05, 4.69) is 6.07 Å². The zero-order valence-electron chi connectivity index (χ0n) is 17.0. The van der Waals surface area contributed by atoms with Crippen molar-refractivity contribution in [1.82, 2.24) is 9.80 Å². The van der Waals surface area contributed by atoms with Crippen LogP contribution >= 0.6 is 11.3 Å². The lowest BCUT2D eigenvalue weighted by molar-refractivity contribution is 0.00326. The van der Waals surface area contributed by atoms with Crippen LogP contribution in [0.15, 0.2) is 35.7 Å². The minimum absolute atomic E-state index is 0.314. The highest BCUT2D eigenvalue weighted by Gasteiger charge is 2.46. The molecular weight excluding hydrogens is 388 g/mol. The molecule has 6 nitrogen and oxygen atoms in total. The maximum atomic E-state index is 13.0. The number of rotatable bonds is 2. The van der Waals surface area contributed by atoms with Crippen molar-refractivity contribution in [3.8, 4) is 0 Å². The quantitative estimate of drug-likeness (QED) is 0.691. The second-order valence-electron chi connectivity index (χ2n) is 8.45. The van der Waals surface area contributed by atoms with Crippen molar-refractivity contribution in [2.45, 2.75) is 51.8 Å². The molecule has 2 aliphatic rings. The first-order valence-corrected chi connectivity index (χ1v) is 10.6. The predicted octanol–water partition coefficient (Wildman–Crippen LogP) is 4.27. The van der Waals surface area contributed by atoms with Crippen LogP contribution in [0.3, 0.4) is 0 Å². The number of carbonyl (C=O) groups is 3. The number of thiophene rings is 1. The molecule has 0 N–H and O–H groups in total. The molecule has 152 valence electrons. The molecule has 1 aromatic heterocycles. The van der Waals surface area contributed by atoms with Gasteiger partial charge in [0.1, 0.15) is 5.60 Å².